The SMILES string of the molecule is Cc1cc(NC(=O)N[C@H](c2c(C)nn(C)c2C)C(F)(F)F)ccc1F. The van der Waals surface area contributed by atoms with E-state index in [1.165, 1.54) is 44.6 Å². The van der Waals surface area contributed by atoms with Gasteiger partial charge in [0.05, 0.1) is 5.69 Å². The first-order valence-corrected chi connectivity index (χ1v) is 7.41. The van der Waals surface area contributed by atoms with E-state index in [1.807, 2.05) is 5.32 Å². The van der Waals surface area contributed by atoms with Gasteiger partial charge in [-0.25, -0.2) is 9.18 Å². The molecule has 5 nitrogen and oxygen atoms in total. The molecule has 1 heterocycles. The lowest BCUT2D eigenvalue weighted by molar-refractivity contribution is -0.155. The molecule has 0 saturated carbocycles. The van der Waals surface area contributed by atoms with Crippen molar-refractivity contribution in [1.29, 1.82) is 0 Å². The van der Waals surface area contributed by atoms with Crippen molar-refractivity contribution in [3.8, 4) is 0 Å². The molecule has 2 aromatic rings. The molecule has 0 aliphatic heterocycles. The summed E-state index contributed by atoms with van der Waals surface area (Å²) >= 11 is 0. The van der Waals surface area contributed by atoms with Gasteiger partial charge in [0.15, 0.2) is 6.04 Å². The van der Waals surface area contributed by atoms with Gasteiger partial charge in [0.2, 0.25) is 0 Å². The topological polar surface area (TPSA) is 59.0 Å². The monoisotopic (exact) mass is 358 g/mol. The summed E-state index contributed by atoms with van der Waals surface area (Å²) in [5.41, 5.74) is 0.847. The summed E-state index contributed by atoms with van der Waals surface area (Å²) in [6.07, 6.45) is -4.70. The maximum Gasteiger partial charge on any atom is 0.413 e. The molecule has 0 saturated heterocycles. The predicted octanol–water partition coefficient (Wildman–Crippen LogP) is 3.91. The third-order valence-corrected chi connectivity index (χ3v) is 3.87. The van der Waals surface area contributed by atoms with Gasteiger partial charge in [-0.15, -0.1) is 0 Å². The van der Waals surface area contributed by atoms with Crippen molar-refractivity contribution >= 4 is 11.7 Å². The van der Waals surface area contributed by atoms with Crippen molar-refractivity contribution < 1.29 is 22.4 Å². The van der Waals surface area contributed by atoms with Crippen molar-refractivity contribution in [3.63, 3.8) is 0 Å². The third kappa shape index (κ3) is 4.09. The van der Waals surface area contributed by atoms with Gasteiger partial charge in [-0.1, -0.05) is 0 Å². The fourth-order valence-electron chi connectivity index (χ4n) is 2.55. The Bertz CT molecular complexity index is 798. The number of nitrogens with one attached hydrogen (secondary N) is 2. The minimum Gasteiger partial charge on any atom is -0.322 e. The highest BCUT2D eigenvalue weighted by atomic mass is 19.4. The summed E-state index contributed by atoms with van der Waals surface area (Å²) in [7, 11) is 1.53. The lowest BCUT2D eigenvalue weighted by Gasteiger charge is -2.22. The van der Waals surface area contributed by atoms with Gasteiger partial charge >= 0.3 is 12.2 Å². The fourth-order valence-corrected chi connectivity index (χ4v) is 2.55. The average Bonchev–Trinajstić information content (AvgIpc) is 2.73. The second kappa shape index (κ2) is 6.73. The largest absolute Gasteiger partial charge is 0.413 e. The van der Waals surface area contributed by atoms with Gasteiger partial charge < -0.3 is 10.6 Å². The van der Waals surface area contributed by atoms with E-state index in [1.54, 1.807) is 0 Å². The quantitative estimate of drug-likeness (QED) is 0.818. The Morgan fingerprint density at radius 1 is 1.24 bits per heavy atom. The fraction of sp³-hybridized carbons (Fsp3) is 0.375. The average molecular weight is 358 g/mol. The van der Waals surface area contributed by atoms with Gasteiger partial charge in [0, 0.05) is 24.0 Å². The molecule has 2 rings (SSSR count). The molecule has 2 amide bonds. The van der Waals surface area contributed by atoms with Gasteiger partial charge in [-0.3, -0.25) is 4.68 Å². The minimum atomic E-state index is -4.70. The highest BCUT2D eigenvalue weighted by molar-refractivity contribution is 5.89. The molecule has 0 radical (unpaired) electrons. The molecule has 136 valence electrons. The number of benzene rings is 1. The van der Waals surface area contributed by atoms with Gasteiger partial charge in [0.25, 0.3) is 0 Å². The summed E-state index contributed by atoms with van der Waals surface area (Å²) in [5.74, 6) is -0.472. The highest BCUT2D eigenvalue weighted by Gasteiger charge is 2.44. The number of hydrogen-bond acceptors (Lipinski definition) is 2. The van der Waals surface area contributed by atoms with Gasteiger partial charge in [-0.2, -0.15) is 18.3 Å². The zero-order chi connectivity index (χ0) is 18.9. The maximum atomic E-state index is 13.5. The van der Waals surface area contributed by atoms with Crippen LogP contribution in [0.1, 0.15) is 28.6 Å². The first-order valence-electron chi connectivity index (χ1n) is 7.41. The molecule has 0 spiro atoms. The molecule has 25 heavy (non-hydrogen) atoms. The third-order valence-electron chi connectivity index (χ3n) is 3.87. The van der Waals surface area contributed by atoms with Crippen LogP contribution in [0.15, 0.2) is 18.2 Å². The van der Waals surface area contributed by atoms with Crippen molar-refractivity contribution in [1.82, 2.24) is 15.1 Å². The molecule has 0 bridgehead atoms. The van der Waals surface area contributed by atoms with Crippen molar-refractivity contribution in [2.45, 2.75) is 33.0 Å². The minimum absolute atomic E-state index is 0.0968. The van der Waals surface area contributed by atoms with E-state index in [0.717, 1.165) is 6.07 Å². The van der Waals surface area contributed by atoms with E-state index >= 15 is 0 Å². The zero-order valence-corrected chi connectivity index (χ0v) is 14.1. The van der Waals surface area contributed by atoms with Crippen molar-refractivity contribution in [2.75, 3.05) is 5.32 Å². The summed E-state index contributed by atoms with van der Waals surface area (Å²) < 4.78 is 54.9. The van der Waals surface area contributed by atoms with E-state index < -0.39 is 24.1 Å². The lowest BCUT2D eigenvalue weighted by Crippen LogP contribution is -2.41. The van der Waals surface area contributed by atoms with E-state index in [4.69, 9.17) is 0 Å². The first-order chi connectivity index (χ1) is 11.5. The molecule has 2 N–H and O–H groups in total. The number of aromatic nitrogens is 2. The lowest BCUT2D eigenvalue weighted by atomic mass is 10.0. The van der Waals surface area contributed by atoms with Gasteiger partial charge in [0.1, 0.15) is 5.82 Å². The summed E-state index contributed by atoms with van der Waals surface area (Å²) in [6, 6.07) is 0.476. The van der Waals surface area contributed by atoms with Crippen molar-refractivity contribution in [3.05, 3.63) is 46.5 Å². The van der Waals surface area contributed by atoms with Crippen LogP contribution in [0.2, 0.25) is 0 Å². The Morgan fingerprint density at radius 3 is 2.36 bits per heavy atom. The number of hydrogen-bond donors (Lipinski definition) is 2. The normalized spacial score (nSPS) is 12.8. The Kier molecular flexibility index (Phi) is 5.05. The van der Waals surface area contributed by atoms with Crippen LogP contribution in [0.3, 0.4) is 0 Å². The molecule has 1 aromatic heterocycles. The maximum absolute atomic E-state index is 13.5. The molecule has 0 unspecified atom stereocenters. The summed E-state index contributed by atoms with van der Waals surface area (Å²) in [5, 5.41) is 8.17. The van der Waals surface area contributed by atoms with Crippen LogP contribution in [-0.4, -0.2) is 22.0 Å². The summed E-state index contributed by atoms with van der Waals surface area (Å²) in [6.45, 7) is 4.43. The van der Waals surface area contributed by atoms with E-state index in [0.29, 0.717) is 5.69 Å². The molecule has 0 aliphatic carbocycles. The predicted molar refractivity (Wildman–Crippen MR) is 84.8 cm³/mol. The smallest absolute Gasteiger partial charge is 0.322 e. The number of aryl methyl sites for hydroxylation is 3. The molecule has 9 heteroatoms. The van der Waals surface area contributed by atoms with Crippen LogP contribution in [0.4, 0.5) is 28.0 Å². The Labute approximate surface area is 142 Å². The van der Waals surface area contributed by atoms with E-state index in [2.05, 4.69) is 10.4 Å². The van der Waals surface area contributed by atoms with E-state index in [-0.39, 0.29) is 22.5 Å². The Morgan fingerprint density at radius 2 is 1.88 bits per heavy atom. The number of anilines is 1. The van der Waals surface area contributed by atoms with Crippen LogP contribution in [0.25, 0.3) is 0 Å². The molecule has 1 aromatic carbocycles. The molecular formula is C16H18F4N4O. The number of alkyl halides is 3. The number of rotatable bonds is 3. The van der Waals surface area contributed by atoms with E-state index in [9.17, 15) is 22.4 Å². The standard InChI is InChI=1S/C16H18F4N4O/c1-8-7-11(5-6-12(8)17)21-15(25)22-14(16(18,19)20)13-9(2)23-24(4)10(13)3/h5-7,14H,1-4H3,(H2,21,22,25)/t14-/m1/s1. The molecular weight excluding hydrogens is 340 g/mol. The number of amides is 2. The second-order valence-electron chi connectivity index (χ2n) is 5.75. The zero-order valence-electron chi connectivity index (χ0n) is 14.1. The van der Waals surface area contributed by atoms with Crippen LogP contribution in [0, 0.1) is 26.6 Å². The summed E-state index contributed by atoms with van der Waals surface area (Å²) in [4.78, 5) is 12.0. The second-order valence-corrected chi connectivity index (χ2v) is 5.75. The van der Waals surface area contributed by atoms with Crippen LogP contribution < -0.4 is 10.6 Å². The van der Waals surface area contributed by atoms with Crippen LogP contribution in [-0.2, 0) is 7.05 Å². The number of urea groups is 1. The number of carbonyl (C=O) groups is 1. The Hall–Kier alpha value is -2.58. The number of halogens is 4. The van der Waals surface area contributed by atoms with Gasteiger partial charge in [-0.05, 0) is 44.5 Å². The van der Waals surface area contributed by atoms with Crippen molar-refractivity contribution in [2.24, 2.45) is 7.05 Å². The number of nitrogens with zero attached hydrogens (tertiary/aromatic N) is 2. The Balaban J connectivity index is 2.25. The first kappa shape index (κ1) is 18.8. The van der Waals surface area contributed by atoms with Crippen LogP contribution >= 0.6 is 0 Å². The molecule has 0 fully saturated rings. The number of carbonyl (C=O) groups excluding carboxylic acids is 1. The van der Waals surface area contributed by atoms with Crippen LogP contribution in [0.5, 0.6) is 0 Å². The molecule has 1 atom stereocenters. The highest BCUT2D eigenvalue weighted by Crippen LogP contribution is 2.35. The molecule has 0 aliphatic rings.